The van der Waals surface area contributed by atoms with Gasteiger partial charge in [-0.25, -0.2) is 9.59 Å². The molecule has 5 amide bonds. The number of aliphatic hydroxyl groups excluding tert-OH is 1. The fourth-order valence-electron chi connectivity index (χ4n) is 5.43. The molecule has 13 nitrogen and oxygen atoms in total. The third kappa shape index (κ3) is 12.9. The van der Waals surface area contributed by atoms with Crippen molar-refractivity contribution in [2.24, 2.45) is 5.92 Å². The van der Waals surface area contributed by atoms with Gasteiger partial charge >= 0.3 is 12.1 Å². The standard InChI is InChI=1S/C35H55N7O6S/c1-23(2)29(38-32(46)40(9)19-25-18-36-22-49-25)31(45)37-26(17-24-13-11-10-12-14-24)28(43)21-41-15-16-42(33(47)48-35(6,7)8)20-27(41)30(44)39-34(3,4)5/h10-14,18,22-23,26-29,43H,15-17,19-21H2,1-9H3,(H,37,45)(H,38,46)(H,39,44)/t26-,27-,28+,29-/m0/s1. The molecule has 1 aromatic carbocycles. The number of benzene rings is 1. The number of rotatable bonds is 12. The number of urea groups is 1. The lowest BCUT2D eigenvalue weighted by Gasteiger charge is -2.43. The van der Waals surface area contributed by atoms with Crippen molar-refractivity contribution in [1.29, 1.82) is 0 Å². The zero-order chi connectivity index (χ0) is 36.5. The van der Waals surface area contributed by atoms with Crippen molar-refractivity contribution in [3.63, 3.8) is 0 Å². The molecule has 0 spiro atoms. The summed E-state index contributed by atoms with van der Waals surface area (Å²) >= 11 is 1.44. The Labute approximate surface area is 294 Å². The normalized spacial score (nSPS) is 17.5. The summed E-state index contributed by atoms with van der Waals surface area (Å²) in [7, 11) is 1.65. The van der Waals surface area contributed by atoms with E-state index in [1.165, 1.54) is 21.1 Å². The van der Waals surface area contributed by atoms with Crippen molar-refractivity contribution in [3.05, 3.63) is 52.5 Å². The third-order valence-electron chi connectivity index (χ3n) is 7.91. The summed E-state index contributed by atoms with van der Waals surface area (Å²) in [6, 6.07) is 6.71. The van der Waals surface area contributed by atoms with Crippen LogP contribution in [-0.4, -0.2) is 117 Å². The smallest absolute Gasteiger partial charge is 0.410 e. The van der Waals surface area contributed by atoms with Crippen molar-refractivity contribution in [2.45, 2.75) is 104 Å². The first-order chi connectivity index (χ1) is 22.8. The maximum atomic E-state index is 13.8. The lowest BCUT2D eigenvalue weighted by Crippen LogP contribution is -2.64. The number of nitrogens with zero attached hydrogens (tertiary/aromatic N) is 4. The fraction of sp³-hybridized carbons (Fsp3) is 0.629. The van der Waals surface area contributed by atoms with Crippen molar-refractivity contribution in [3.8, 4) is 0 Å². The van der Waals surface area contributed by atoms with Crippen molar-refractivity contribution >= 4 is 35.3 Å². The zero-order valence-corrected chi connectivity index (χ0v) is 31.2. The zero-order valence-electron chi connectivity index (χ0n) is 30.4. The molecule has 0 aliphatic carbocycles. The molecule has 1 fully saturated rings. The highest BCUT2D eigenvalue weighted by Gasteiger charge is 2.39. The molecule has 1 aliphatic rings. The molecule has 0 unspecified atom stereocenters. The predicted molar refractivity (Wildman–Crippen MR) is 190 cm³/mol. The van der Waals surface area contributed by atoms with Gasteiger partial charge in [0, 0.05) is 49.8 Å². The number of nitrogens with one attached hydrogen (secondary N) is 3. The Hall–Kier alpha value is -3.75. The molecule has 2 heterocycles. The fourth-order valence-corrected chi connectivity index (χ4v) is 6.08. The minimum atomic E-state index is -1.10. The van der Waals surface area contributed by atoms with Gasteiger partial charge in [0.1, 0.15) is 17.7 Å². The number of β-amino-alcohol motifs (C(OH)–C–C–N with tert-alkyl or cyclic N) is 1. The molecule has 0 bridgehead atoms. The predicted octanol–water partition coefficient (Wildman–Crippen LogP) is 3.23. The number of ether oxygens (including phenoxy) is 1. The van der Waals surface area contributed by atoms with Gasteiger partial charge in [-0.3, -0.25) is 19.5 Å². The van der Waals surface area contributed by atoms with E-state index in [0.717, 1.165) is 10.4 Å². The molecule has 0 radical (unpaired) electrons. The SMILES string of the molecule is CC(C)[C@H](NC(=O)N(C)Cc1cncs1)C(=O)N[C@@H](Cc1ccccc1)[C@H](O)CN1CCN(C(=O)OC(C)(C)C)C[C@H]1C(=O)NC(C)(C)C. The Morgan fingerprint density at radius 2 is 1.73 bits per heavy atom. The number of amides is 5. The summed E-state index contributed by atoms with van der Waals surface area (Å²) in [5, 5.41) is 20.7. The highest BCUT2D eigenvalue weighted by molar-refractivity contribution is 7.09. The van der Waals surface area contributed by atoms with Crippen molar-refractivity contribution < 1.29 is 29.0 Å². The first-order valence-corrected chi connectivity index (χ1v) is 17.7. The van der Waals surface area contributed by atoms with Crippen LogP contribution in [0.5, 0.6) is 0 Å². The van der Waals surface area contributed by atoms with E-state index in [1.54, 1.807) is 39.5 Å². The average molecular weight is 702 g/mol. The van der Waals surface area contributed by atoms with E-state index in [9.17, 15) is 24.3 Å². The van der Waals surface area contributed by atoms with E-state index in [0.29, 0.717) is 26.1 Å². The molecular formula is C35H55N7O6S. The molecule has 1 aliphatic heterocycles. The Balaban J connectivity index is 1.80. The highest BCUT2D eigenvalue weighted by atomic mass is 32.1. The number of piperazine rings is 1. The molecule has 14 heteroatoms. The molecule has 4 atom stereocenters. The number of carbonyl (C=O) groups excluding carboxylic acids is 4. The average Bonchev–Trinajstić information content (AvgIpc) is 3.51. The third-order valence-corrected chi connectivity index (χ3v) is 8.67. The maximum Gasteiger partial charge on any atom is 0.410 e. The number of hydrogen-bond donors (Lipinski definition) is 4. The number of carbonyl (C=O) groups is 4. The molecule has 3 rings (SSSR count). The minimum Gasteiger partial charge on any atom is -0.444 e. The molecule has 0 saturated carbocycles. The van der Waals surface area contributed by atoms with Crippen LogP contribution in [0.1, 0.15) is 65.8 Å². The topological polar surface area (TPSA) is 156 Å². The first kappa shape index (κ1) is 39.7. The lowest BCUT2D eigenvalue weighted by molar-refractivity contribution is -0.132. The van der Waals surface area contributed by atoms with Crippen molar-refractivity contribution in [1.82, 2.24) is 35.6 Å². The molecule has 4 N–H and O–H groups in total. The summed E-state index contributed by atoms with van der Waals surface area (Å²) in [6.07, 6.45) is 0.412. The summed E-state index contributed by atoms with van der Waals surface area (Å²) in [6.45, 7) is 15.8. The van der Waals surface area contributed by atoms with Crippen LogP contribution in [0.4, 0.5) is 9.59 Å². The van der Waals surface area contributed by atoms with E-state index in [2.05, 4.69) is 20.9 Å². The summed E-state index contributed by atoms with van der Waals surface area (Å²) in [5.41, 5.74) is 1.38. The van der Waals surface area contributed by atoms with Gasteiger partial charge in [0.05, 0.1) is 24.2 Å². The molecule has 49 heavy (non-hydrogen) atoms. The molecule has 1 aromatic heterocycles. The van der Waals surface area contributed by atoms with Crippen LogP contribution >= 0.6 is 11.3 Å². The second kappa shape index (κ2) is 17.3. The van der Waals surface area contributed by atoms with Crippen LogP contribution in [0.25, 0.3) is 0 Å². The first-order valence-electron chi connectivity index (χ1n) is 16.8. The second-order valence-electron chi connectivity index (χ2n) is 15.0. The van der Waals surface area contributed by atoms with E-state index in [4.69, 9.17) is 4.74 Å². The quantitative estimate of drug-likeness (QED) is 0.263. The maximum absolute atomic E-state index is 13.8. The van der Waals surface area contributed by atoms with E-state index >= 15 is 0 Å². The van der Waals surface area contributed by atoms with Crippen LogP contribution in [0.3, 0.4) is 0 Å². The molecule has 1 saturated heterocycles. The number of thiazole rings is 1. The van der Waals surface area contributed by atoms with Gasteiger partial charge in [-0.05, 0) is 59.4 Å². The van der Waals surface area contributed by atoms with E-state index in [1.807, 2.05) is 69.9 Å². The number of hydrogen-bond acceptors (Lipinski definition) is 9. The van der Waals surface area contributed by atoms with Gasteiger partial charge < -0.3 is 35.6 Å². The number of aliphatic hydroxyl groups is 1. The van der Waals surface area contributed by atoms with Gasteiger partial charge in [0.2, 0.25) is 11.8 Å². The van der Waals surface area contributed by atoms with Gasteiger partial charge in [-0.2, -0.15) is 0 Å². The van der Waals surface area contributed by atoms with Crippen LogP contribution in [-0.2, 0) is 27.3 Å². The highest BCUT2D eigenvalue weighted by Crippen LogP contribution is 2.19. The Morgan fingerprint density at radius 3 is 2.31 bits per heavy atom. The monoisotopic (exact) mass is 701 g/mol. The van der Waals surface area contributed by atoms with Crippen molar-refractivity contribution in [2.75, 3.05) is 33.2 Å². The van der Waals surface area contributed by atoms with Crippen LogP contribution in [0, 0.1) is 5.92 Å². The number of aromatic nitrogens is 1. The summed E-state index contributed by atoms with van der Waals surface area (Å²) in [4.78, 5) is 63.3. The molecule has 272 valence electrons. The Bertz CT molecular complexity index is 1380. The molecule has 2 aromatic rings. The molecular weight excluding hydrogens is 646 g/mol. The van der Waals surface area contributed by atoms with Crippen LogP contribution < -0.4 is 16.0 Å². The summed E-state index contributed by atoms with van der Waals surface area (Å²) < 4.78 is 5.59. The van der Waals surface area contributed by atoms with Crippen LogP contribution in [0.2, 0.25) is 0 Å². The van der Waals surface area contributed by atoms with Gasteiger partial charge in [-0.15, -0.1) is 11.3 Å². The lowest BCUT2D eigenvalue weighted by atomic mass is 9.97. The van der Waals surface area contributed by atoms with Gasteiger partial charge in [0.15, 0.2) is 0 Å². The summed E-state index contributed by atoms with van der Waals surface area (Å²) in [5.74, 6) is -0.949. The van der Waals surface area contributed by atoms with Crippen LogP contribution in [0.15, 0.2) is 42.0 Å². The van der Waals surface area contributed by atoms with Gasteiger partial charge in [-0.1, -0.05) is 44.2 Å². The second-order valence-corrected chi connectivity index (χ2v) is 16.0. The van der Waals surface area contributed by atoms with E-state index < -0.39 is 53.4 Å². The Kier molecular flexibility index (Phi) is 14.0. The largest absolute Gasteiger partial charge is 0.444 e. The minimum absolute atomic E-state index is 0.0540. The van der Waals surface area contributed by atoms with E-state index in [-0.39, 0.29) is 24.9 Å². The van der Waals surface area contributed by atoms with Gasteiger partial charge in [0.25, 0.3) is 0 Å². The Morgan fingerprint density at radius 1 is 1.06 bits per heavy atom.